The van der Waals surface area contributed by atoms with E-state index in [-0.39, 0.29) is 24.4 Å². The van der Waals surface area contributed by atoms with Gasteiger partial charge in [-0.25, -0.2) is 9.97 Å². The zero-order valence-corrected chi connectivity index (χ0v) is 18.9. The Bertz CT molecular complexity index is 1290. The topological polar surface area (TPSA) is 114 Å². The second-order valence-electron chi connectivity index (χ2n) is 8.79. The summed E-state index contributed by atoms with van der Waals surface area (Å²) in [5.41, 5.74) is 2.11. The lowest BCUT2D eigenvalue weighted by Gasteiger charge is -2.10. The number of fused-ring (bicyclic) bond motifs is 1. The average Bonchev–Trinajstić information content (AvgIpc) is 3.61. The first-order valence-corrected chi connectivity index (χ1v) is 11.8. The summed E-state index contributed by atoms with van der Waals surface area (Å²) >= 11 is 0. The van der Waals surface area contributed by atoms with Crippen molar-refractivity contribution in [2.45, 2.75) is 44.9 Å². The summed E-state index contributed by atoms with van der Waals surface area (Å²) in [7, 11) is 0. The van der Waals surface area contributed by atoms with Crippen LogP contribution in [0.5, 0.6) is 5.75 Å². The average molecular weight is 458 g/mol. The minimum atomic E-state index is -0.163. The largest absolute Gasteiger partial charge is 0.493 e. The van der Waals surface area contributed by atoms with E-state index in [1.165, 1.54) is 25.7 Å². The zero-order chi connectivity index (χ0) is 23.3. The molecule has 8 nitrogen and oxygen atoms in total. The highest BCUT2D eigenvalue weighted by molar-refractivity contribution is 6.07. The minimum Gasteiger partial charge on any atom is -0.493 e. The number of nitrogens with zero attached hydrogens (tertiary/aromatic N) is 3. The van der Waals surface area contributed by atoms with Gasteiger partial charge in [0.2, 0.25) is 0 Å². The van der Waals surface area contributed by atoms with Crippen molar-refractivity contribution in [3.8, 4) is 5.75 Å². The van der Waals surface area contributed by atoms with Gasteiger partial charge in [0.1, 0.15) is 23.1 Å². The fourth-order valence-corrected chi connectivity index (χ4v) is 4.57. The maximum absolute atomic E-state index is 12.9. The molecular weight excluding hydrogens is 430 g/mol. The van der Waals surface area contributed by atoms with E-state index in [9.17, 15) is 9.59 Å². The number of aromatic nitrogens is 5. The van der Waals surface area contributed by atoms with E-state index in [1.54, 1.807) is 42.9 Å². The summed E-state index contributed by atoms with van der Waals surface area (Å²) in [6.07, 6.45) is 11.4. The number of imidazole rings is 2. The predicted octanol–water partition coefficient (Wildman–Crippen LogP) is 4.49. The molecule has 0 amide bonds. The number of carbonyl (C=O) groups is 2. The molecule has 3 aromatic heterocycles. The monoisotopic (exact) mass is 457 g/mol. The van der Waals surface area contributed by atoms with Gasteiger partial charge in [-0.1, -0.05) is 31.7 Å². The number of Topliss-reactive ketones (excluding diaryl/α,β-unsaturated/α-hetero) is 2. The Morgan fingerprint density at radius 3 is 2.68 bits per heavy atom. The van der Waals surface area contributed by atoms with Crippen molar-refractivity contribution in [3.05, 3.63) is 71.8 Å². The van der Waals surface area contributed by atoms with Crippen LogP contribution in [0.2, 0.25) is 0 Å². The highest BCUT2D eigenvalue weighted by Gasteiger charge is 2.18. The Morgan fingerprint density at radius 1 is 1.00 bits per heavy atom. The smallest absolute Gasteiger partial charge is 0.188 e. The van der Waals surface area contributed by atoms with E-state index in [1.807, 2.05) is 6.07 Å². The number of carbonyl (C=O) groups excluding carboxylic acids is 2. The van der Waals surface area contributed by atoms with Gasteiger partial charge in [0.05, 0.1) is 30.5 Å². The Balaban J connectivity index is 1.26. The van der Waals surface area contributed by atoms with E-state index >= 15 is 0 Å². The third-order valence-corrected chi connectivity index (χ3v) is 6.36. The van der Waals surface area contributed by atoms with E-state index in [0.717, 1.165) is 12.3 Å². The lowest BCUT2D eigenvalue weighted by atomic mass is 10.1. The first kappa shape index (κ1) is 22.0. The van der Waals surface area contributed by atoms with Crippen molar-refractivity contribution >= 4 is 22.6 Å². The standard InChI is InChI=1S/C26H27N5O3/c32-22(15-24-28-11-12-29-24)19-6-3-7-20-26(19)31-25(30-20)16-23(33)21-14-18(8-10-27-21)34-13-9-17-4-1-2-5-17/h3,6-8,10-12,14,17H,1-2,4-5,9,13,15-16H2,(H,28,29)(H,30,31). The van der Waals surface area contributed by atoms with Crippen LogP contribution in [0.15, 0.2) is 48.9 Å². The van der Waals surface area contributed by atoms with Crippen LogP contribution in [0.3, 0.4) is 0 Å². The molecule has 1 saturated carbocycles. The Morgan fingerprint density at radius 2 is 1.85 bits per heavy atom. The lowest BCUT2D eigenvalue weighted by molar-refractivity contribution is 0.0981. The van der Waals surface area contributed by atoms with Gasteiger partial charge in [-0.3, -0.25) is 14.6 Å². The van der Waals surface area contributed by atoms with Crippen molar-refractivity contribution < 1.29 is 14.3 Å². The molecule has 8 heteroatoms. The van der Waals surface area contributed by atoms with Crippen LogP contribution in [-0.4, -0.2) is 43.1 Å². The minimum absolute atomic E-state index is 0.0546. The summed E-state index contributed by atoms with van der Waals surface area (Å²) in [6.45, 7) is 0.653. The molecular formula is C26H27N5O3. The lowest BCUT2D eigenvalue weighted by Crippen LogP contribution is -2.09. The molecule has 1 aliphatic rings. The number of pyridine rings is 1. The normalized spacial score (nSPS) is 14.0. The van der Waals surface area contributed by atoms with E-state index in [0.29, 0.717) is 46.3 Å². The van der Waals surface area contributed by atoms with Crippen molar-refractivity contribution in [2.24, 2.45) is 5.92 Å². The summed E-state index contributed by atoms with van der Waals surface area (Å²) in [6, 6.07) is 8.86. The van der Waals surface area contributed by atoms with Crippen LogP contribution in [0.4, 0.5) is 0 Å². The van der Waals surface area contributed by atoms with E-state index in [2.05, 4.69) is 24.9 Å². The molecule has 1 aliphatic carbocycles. The van der Waals surface area contributed by atoms with Gasteiger partial charge in [-0.15, -0.1) is 0 Å². The van der Waals surface area contributed by atoms with Gasteiger partial charge in [0, 0.05) is 30.2 Å². The van der Waals surface area contributed by atoms with E-state index in [4.69, 9.17) is 4.74 Å². The first-order chi connectivity index (χ1) is 16.7. The molecule has 174 valence electrons. The van der Waals surface area contributed by atoms with Crippen molar-refractivity contribution in [1.29, 1.82) is 0 Å². The number of hydrogen-bond donors (Lipinski definition) is 2. The molecule has 2 N–H and O–H groups in total. The molecule has 0 unspecified atom stereocenters. The van der Waals surface area contributed by atoms with Crippen molar-refractivity contribution in [3.63, 3.8) is 0 Å². The Labute approximate surface area is 197 Å². The van der Waals surface area contributed by atoms with Gasteiger partial charge in [0.15, 0.2) is 11.6 Å². The molecule has 3 heterocycles. The van der Waals surface area contributed by atoms with Gasteiger partial charge in [-0.05, 0) is 30.5 Å². The van der Waals surface area contributed by atoms with Crippen LogP contribution in [0, 0.1) is 5.92 Å². The highest BCUT2D eigenvalue weighted by Crippen LogP contribution is 2.27. The SMILES string of the molecule is O=C(Cc1nc2c(C(=O)Cc3ncc[nH]3)cccc2[nH]1)c1cc(OCCC2CCCC2)ccn1. The number of H-pyrrole nitrogens is 2. The molecule has 0 saturated heterocycles. The molecule has 34 heavy (non-hydrogen) atoms. The Hall–Kier alpha value is -3.81. The maximum Gasteiger partial charge on any atom is 0.188 e. The summed E-state index contributed by atoms with van der Waals surface area (Å²) in [5.74, 6) is 2.26. The molecule has 0 aliphatic heterocycles. The second kappa shape index (κ2) is 9.99. The van der Waals surface area contributed by atoms with Gasteiger partial charge >= 0.3 is 0 Å². The summed E-state index contributed by atoms with van der Waals surface area (Å²) in [5, 5.41) is 0. The molecule has 0 spiro atoms. The summed E-state index contributed by atoms with van der Waals surface area (Å²) in [4.78, 5) is 44.7. The molecule has 1 aromatic carbocycles. The highest BCUT2D eigenvalue weighted by atomic mass is 16.5. The maximum atomic E-state index is 12.9. The molecule has 5 rings (SSSR count). The van der Waals surface area contributed by atoms with Gasteiger partial charge < -0.3 is 14.7 Å². The van der Waals surface area contributed by atoms with Crippen molar-refractivity contribution in [2.75, 3.05) is 6.61 Å². The third-order valence-electron chi connectivity index (χ3n) is 6.36. The number of para-hydroxylation sites is 1. The second-order valence-corrected chi connectivity index (χ2v) is 8.79. The van der Waals surface area contributed by atoms with E-state index < -0.39 is 0 Å². The van der Waals surface area contributed by atoms with Crippen molar-refractivity contribution in [1.82, 2.24) is 24.9 Å². The number of ether oxygens (including phenoxy) is 1. The number of aromatic amines is 2. The van der Waals surface area contributed by atoms with Crippen LogP contribution in [0.25, 0.3) is 11.0 Å². The molecule has 0 atom stereocenters. The Kier molecular flexibility index (Phi) is 6.46. The fraction of sp³-hybridized carbons (Fsp3) is 0.346. The first-order valence-electron chi connectivity index (χ1n) is 11.8. The number of benzene rings is 1. The van der Waals surface area contributed by atoms with Crippen LogP contribution >= 0.6 is 0 Å². The van der Waals surface area contributed by atoms with Crippen LogP contribution < -0.4 is 4.74 Å². The van der Waals surface area contributed by atoms with Gasteiger partial charge in [0.25, 0.3) is 0 Å². The molecule has 0 bridgehead atoms. The fourth-order valence-electron chi connectivity index (χ4n) is 4.57. The zero-order valence-electron chi connectivity index (χ0n) is 18.9. The number of hydrogen-bond acceptors (Lipinski definition) is 6. The predicted molar refractivity (Wildman–Crippen MR) is 127 cm³/mol. The molecule has 4 aromatic rings. The molecule has 1 fully saturated rings. The van der Waals surface area contributed by atoms with Gasteiger partial charge in [-0.2, -0.15) is 0 Å². The number of ketones is 2. The van der Waals surface area contributed by atoms with Crippen LogP contribution in [0.1, 0.15) is 64.6 Å². The number of nitrogens with one attached hydrogen (secondary N) is 2. The van der Waals surface area contributed by atoms with Crippen LogP contribution in [-0.2, 0) is 12.8 Å². The molecule has 0 radical (unpaired) electrons. The number of rotatable bonds is 10. The third kappa shape index (κ3) is 5.06. The quantitative estimate of drug-likeness (QED) is 0.339. The summed E-state index contributed by atoms with van der Waals surface area (Å²) < 4.78 is 5.88.